The third-order valence-electron chi connectivity index (χ3n) is 5.65. The third kappa shape index (κ3) is 18.6. The molecule has 42 heavy (non-hydrogen) atoms. The molecule has 0 aromatic carbocycles. The molecule has 4 amide bonds. The monoisotopic (exact) mass is 598 g/mol. The van der Waals surface area contributed by atoms with Crippen LogP contribution in [0.5, 0.6) is 0 Å². The van der Waals surface area contributed by atoms with Gasteiger partial charge in [0, 0.05) is 26.1 Å². The van der Waals surface area contributed by atoms with E-state index < -0.39 is 47.8 Å². The molecule has 19 N–H and O–H groups in total. The number of nitrogens with two attached hydrogens (primary N) is 8. The van der Waals surface area contributed by atoms with Crippen LogP contribution in [0.3, 0.4) is 0 Å². The normalized spacial score (nSPS) is 13.3. The molecule has 0 fully saturated rings. The van der Waals surface area contributed by atoms with Gasteiger partial charge in [0.25, 0.3) is 0 Å². The fraction of sp³-hybridized carbons (Fsp3) is 0.652. The number of primary amides is 1. The van der Waals surface area contributed by atoms with Crippen LogP contribution in [0.4, 0.5) is 0 Å². The zero-order valence-electron chi connectivity index (χ0n) is 23.7. The Morgan fingerprint density at radius 3 is 1.50 bits per heavy atom. The number of hydrogen-bond donors (Lipinski definition) is 11. The molecule has 0 aliphatic rings. The number of nitrogens with zero attached hydrogens (tertiary/aromatic N) is 3. The average molecular weight is 599 g/mol. The molecule has 0 spiro atoms. The van der Waals surface area contributed by atoms with Crippen molar-refractivity contribution in [1.29, 1.82) is 0 Å². The van der Waals surface area contributed by atoms with Crippen molar-refractivity contribution >= 4 is 47.8 Å². The van der Waals surface area contributed by atoms with E-state index in [1.165, 1.54) is 0 Å². The molecule has 0 saturated carbocycles. The van der Waals surface area contributed by atoms with Crippen LogP contribution < -0.4 is 61.8 Å². The fourth-order valence-electron chi connectivity index (χ4n) is 3.51. The maximum atomic E-state index is 13.3. The zero-order valence-corrected chi connectivity index (χ0v) is 23.7. The van der Waals surface area contributed by atoms with Crippen LogP contribution in [0, 0.1) is 0 Å². The summed E-state index contributed by atoms with van der Waals surface area (Å²) in [4.78, 5) is 73.4. The molecule has 19 heteroatoms. The van der Waals surface area contributed by atoms with Gasteiger partial charge in [-0.3, -0.25) is 34.2 Å². The van der Waals surface area contributed by atoms with Crippen LogP contribution in [0.25, 0.3) is 0 Å². The van der Waals surface area contributed by atoms with Crippen molar-refractivity contribution in [2.45, 2.75) is 75.5 Å². The standard InChI is InChI=1S/C23H46N14O5/c24-14(5-2-10-33-22(28)29)18(40)36-15(6-3-11-34-23(30)31)20(42)37-16(7-8-17(25)39)19(41)35-13(12-38)4-1-9-32-21(26)27/h12-16H,1-11,24H2,(H2,25,39)(H,35,41)(H,36,40)(H,37,42)(H4,26,27,32)(H4,28,29,33)(H4,30,31,34)/t13-,14-,15-,16+/m1/s1. The van der Waals surface area contributed by atoms with Gasteiger partial charge in [-0.05, 0) is 44.9 Å². The minimum Gasteiger partial charge on any atom is -0.370 e. The highest BCUT2D eigenvalue weighted by atomic mass is 16.2. The molecular formula is C23H46N14O5. The molecule has 0 heterocycles. The van der Waals surface area contributed by atoms with Gasteiger partial charge in [-0.25, -0.2) is 0 Å². The van der Waals surface area contributed by atoms with E-state index in [1.807, 2.05) is 0 Å². The average Bonchev–Trinajstić information content (AvgIpc) is 2.91. The smallest absolute Gasteiger partial charge is 0.243 e. The van der Waals surface area contributed by atoms with Crippen molar-refractivity contribution in [2.24, 2.45) is 60.8 Å². The van der Waals surface area contributed by atoms with Gasteiger partial charge in [-0.2, -0.15) is 0 Å². The molecule has 0 radical (unpaired) electrons. The molecule has 0 unspecified atom stereocenters. The molecule has 0 aliphatic carbocycles. The maximum absolute atomic E-state index is 13.3. The number of guanidine groups is 3. The number of carbonyl (C=O) groups is 5. The van der Waals surface area contributed by atoms with Gasteiger partial charge in [0.15, 0.2) is 17.9 Å². The van der Waals surface area contributed by atoms with Gasteiger partial charge in [0.1, 0.15) is 18.4 Å². The molecule has 0 aliphatic heterocycles. The van der Waals surface area contributed by atoms with Gasteiger partial charge < -0.3 is 66.6 Å². The van der Waals surface area contributed by atoms with Crippen LogP contribution in [0.15, 0.2) is 15.0 Å². The van der Waals surface area contributed by atoms with Crippen molar-refractivity contribution in [3.8, 4) is 0 Å². The van der Waals surface area contributed by atoms with Crippen molar-refractivity contribution < 1.29 is 24.0 Å². The highest BCUT2D eigenvalue weighted by Gasteiger charge is 2.29. The first kappa shape index (κ1) is 37.3. The van der Waals surface area contributed by atoms with Gasteiger partial charge in [0.2, 0.25) is 23.6 Å². The first-order valence-corrected chi connectivity index (χ1v) is 13.3. The molecule has 238 valence electrons. The lowest BCUT2D eigenvalue weighted by Crippen LogP contribution is -2.56. The van der Waals surface area contributed by atoms with Crippen molar-refractivity contribution in [1.82, 2.24) is 16.0 Å². The van der Waals surface area contributed by atoms with E-state index in [4.69, 9.17) is 45.9 Å². The molecule has 0 aromatic heterocycles. The number of rotatable bonds is 22. The van der Waals surface area contributed by atoms with Gasteiger partial charge in [0.05, 0.1) is 12.1 Å². The number of hydrogen-bond acceptors (Lipinski definition) is 9. The molecule has 4 atom stereocenters. The van der Waals surface area contributed by atoms with Crippen molar-refractivity contribution in [3.63, 3.8) is 0 Å². The van der Waals surface area contributed by atoms with Crippen LogP contribution >= 0.6 is 0 Å². The summed E-state index contributed by atoms with van der Waals surface area (Å²) in [5.74, 6) is -3.14. The van der Waals surface area contributed by atoms with E-state index in [1.54, 1.807) is 0 Å². The number of amides is 4. The van der Waals surface area contributed by atoms with E-state index in [-0.39, 0.29) is 76.0 Å². The number of aliphatic imine (C=N–C) groups is 3. The van der Waals surface area contributed by atoms with Crippen LogP contribution in [0.2, 0.25) is 0 Å². The Bertz CT molecular complexity index is 975. The van der Waals surface area contributed by atoms with Crippen molar-refractivity contribution in [2.75, 3.05) is 19.6 Å². The Labute approximate surface area is 244 Å². The number of aldehydes is 1. The minimum absolute atomic E-state index is 0.0843. The SMILES string of the molecule is NC(=O)CC[C@H](NC(=O)[C@@H](CCCN=C(N)N)NC(=O)[C@H](N)CCCN=C(N)N)C(=O)N[C@@H](C=O)CCCN=C(N)N. The summed E-state index contributed by atoms with van der Waals surface area (Å²) in [7, 11) is 0. The lowest BCUT2D eigenvalue weighted by molar-refractivity contribution is -0.133. The lowest BCUT2D eigenvalue weighted by Gasteiger charge is -2.25. The Hall–Kier alpha value is -4.68. The maximum Gasteiger partial charge on any atom is 0.243 e. The Kier molecular flexibility index (Phi) is 18.8. The first-order chi connectivity index (χ1) is 19.8. The summed E-state index contributed by atoms with van der Waals surface area (Å²) in [5, 5.41) is 7.62. The Balaban J connectivity index is 5.57. The predicted octanol–water partition coefficient (Wildman–Crippen LogP) is -5.61. The third-order valence-corrected chi connectivity index (χ3v) is 5.65. The second-order valence-electron chi connectivity index (χ2n) is 9.33. The topological polar surface area (TPSA) is 367 Å². The molecule has 0 aromatic rings. The zero-order chi connectivity index (χ0) is 32.1. The van der Waals surface area contributed by atoms with Gasteiger partial charge in [-0.1, -0.05) is 0 Å². The Morgan fingerprint density at radius 1 is 0.595 bits per heavy atom. The first-order valence-electron chi connectivity index (χ1n) is 13.3. The number of nitrogens with one attached hydrogen (secondary N) is 3. The molecule has 19 nitrogen and oxygen atoms in total. The largest absolute Gasteiger partial charge is 0.370 e. The fourth-order valence-corrected chi connectivity index (χ4v) is 3.51. The van der Waals surface area contributed by atoms with E-state index in [2.05, 4.69) is 30.9 Å². The lowest BCUT2D eigenvalue weighted by atomic mass is 10.1. The minimum atomic E-state index is -1.25. The predicted molar refractivity (Wildman–Crippen MR) is 158 cm³/mol. The second-order valence-corrected chi connectivity index (χ2v) is 9.33. The molecule has 0 rings (SSSR count). The van der Waals surface area contributed by atoms with E-state index in [0.717, 1.165) is 0 Å². The molecule has 0 saturated heterocycles. The van der Waals surface area contributed by atoms with Crippen LogP contribution in [-0.2, 0) is 24.0 Å². The van der Waals surface area contributed by atoms with E-state index >= 15 is 0 Å². The van der Waals surface area contributed by atoms with Gasteiger partial charge in [-0.15, -0.1) is 0 Å². The summed E-state index contributed by atoms with van der Waals surface area (Å²) in [5.41, 5.74) is 43.0. The summed E-state index contributed by atoms with van der Waals surface area (Å²) < 4.78 is 0. The van der Waals surface area contributed by atoms with Crippen LogP contribution in [-0.4, -0.2) is 91.6 Å². The van der Waals surface area contributed by atoms with E-state index in [0.29, 0.717) is 19.1 Å². The summed E-state index contributed by atoms with van der Waals surface area (Å²) >= 11 is 0. The molecule has 0 bridgehead atoms. The summed E-state index contributed by atoms with van der Waals surface area (Å²) in [6.45, 7) is 0.666. The number of carbonyl (C=O) groups excluding carboxylic acids is 5. The quantitative estimate of drug-likeness (QED) is 0.0240. The molecular weight excluding hydrogens is 552 g/mol. The summed E-state index contributed by atoms with van der Waals surface area (Å²) in [6, 6.07) is -4.28. The van der Waals surface area contributed by atoms with Gasteiger partial charge >= 0.3 is 0 Å². The van der Waals surface area contributed by atoms with Crippen LogP contribution in [0.1, 0.15) is 51.4 Å². The Morgan fingerprint density at radius 2 is 1.02 bits per heavy atom. The summed E-state index contributed by atoms with van der Waals surface area (Å²) in [6.07, 6.45) is 1.74. The highest BCUT2D eigenvalue weighted by molar-refractivity contribution is 5.93. The van der Waals surface area contributed by atoms with E-state index in [9.17, 15) is 24.0 Å². The van der Waals surface area contributed by atoms with Crippen molar-refractivity contribution in [3.05, 3.63) is 0 Å². The second kappa shape index (κ2) is 21.1. The highest BCUT2D eigenvalue weighted by Crippen LogP contribution is 2.06.